The third-order valence-corrected chi connectivity index (χ3v) is 5.70. The molecule has 4 rings (SSSR count). The summed E-state index contributed by atoms with van der Waals surface area (Å²) in [5.41, 5.74) is 0.328. The van der Waals surface area contributed by atoms with Crippen LogP contribution in [-0.2, 0) is 4.74 Å². The van der Waals surface area contributed by atoms with Gasteiger partial charge in [0.25, 0.3) is 11.1 Å². The van der Waals surface area contributed by atoms with E-state index in [0.29, 0.717) is 5.69 Å². The minimum absolute atomic E-state index is 0.00516. The molecule has 15 heteroatoms. The van der Waals surface area contributed by atoms with E-state index >= 15 is 8.78 Å². The fourth-order valence-corrected chi connectivity index (χ4v) is 3.86. The number of carbonyl (C=O) groups excluding carboxylic acids is 1. The van der Waals surface area contributed by atoms with E-state index in [1.54, 1.807) is 0 Å². The van der Waals surface area contributed by atoms with Gasteiger partial charge in [0.15, 0.2) is 5.76 Å². The van der Waals surface area contributed by atoms with Gasteiger partial charge in [-0.2, -0.15) is 15.4 Å². The summed E-state index contributed by atoms with van der Waals surface area (Å²) in [4.78, 5) is 25.5. The van der Waals surface area contributed by atoms with Crippen LogP contribution in [0.1, 0.15) is 27.9 Å². The number of aromatic amines is 1. The van der Waals surface area contributed by atoms with Crippen molar-refractivity contribution in [2.75, 3.05) is 38.2 Å². The molecule has 1 atom stereocenters. The summed E-state index contributed by atoms with van der Waals surface area (Å²) in [5, 5.41) is 23.7. The standard InChI is InChI=1S/C20H19F2N7O5S/c1-33-20(35)24-17(14-10-23-26-25-14)11-8-12(21)18(13(22)9-11)27-4-6-28(7-5-27)19(30)15-2-3-16(34-15)29(31)32/h2-3,8-10,17H,4-7H2,1H3,(H,24,35)(H,23,25,26). The second-order valence-electron chi connectivity index (χ2n) is 7.47. The molecule has 2 aromatic heterocycles. The molecule has 12 nitrogen and oxygen atoms in total. The first-order valence-corrected chi connectivity index (χ1v) is 10.7. The van der Waals surface area contributed by atoms with Gasteiger partial charge < -0.3 is 24.3 Å². The number of piperazine rings is 1. The van der Waals surface area contributed by atoms with Crippen LogP contribution >= 0.6 is 12.2 Å². The molecule has 0 radical (unpaired) electrons. The highest BCUT2D eigenvalue weighted by Gasteiger charge is 2.29. The zero-order chi connectivity index (χ0) is 25.1. The largest absolute Gasteiger partial charge is 0.474 e. The van der Waals surface area contributed by atoms with Crippen molar-refractivity contribution < 1.29 is 27.7 Å². The topological polar surface area (TPSA) is 143 Å². The summed E-state index contributed by atoms with van der Waals surface area (Å²) < 4.78 is 40.2. The van der Waals surface area contributed by atoms with Crippen molar-refractivity contribution in [3.05, 3.63) is 69.2 Å². The van der Waals surface area contributed by atoms with Gasteiger partial charge in [-0.15, -0.1) is 0 Å². The summed E-state index contributed by atoms with van der Waals surface area (Å²) in [7, 11) is 1.36. The van der Waals surface area contributed by atoms with Crippen molar-refractivity contribution in [1.29, 1.82) is 0 Å². The van der Waals surface area contributed by atoms with E-state index in [-0.39, 0.29) is 48.4 Å². The van der Waals surface area contributed by atoms with Crippen molar-refractivity contribution in [3.63, 3.8) is 0 Å². The van der Waals surface area contributed by atoms with Gasteiger partial charge in [0.05, 0.1) is 19.4 Å². The zero-order valence-corrected chi connectivity index (χ0v) is 19.1. The lowest BCUT2D eigenvalue weighted by molar-refractivity contribution is -0.402. The summed E-state index contributed by atoms with van der Waals surface area (Å²) >= 11 is 5.02. The fraction of sp³-hybridized carbons (Fsp3) is 0.300. The Hall–Kier alpha value is -4.14. The number of thiocarbonyl (C=S) groups is 1. The van der Waals surface area contributed by atoms with E-state index < -0.39 is 34.4 Å². The Morgan fingerprint density at radius 1 is 1.29 bits per heavy atom. The van der Waals surface area contributed by atoms with Crippen molar-refractivity contribution >= 4 is 34.9 Å². The first kappa shape index (κ1) is 24.0. The molecule has 1 amide bonds. The van der Waals surface area contributed by atoms with Gasteiger partial charge in [0.2, 0.25) is 0 Å². The Morgan fingerprint density at radius 3 is 2.51 bits per heavy atom. The number of anilines is 1. The van der Waals surface area contributed by atoms with E-state index in [9.17, 15) is 14.9 Å². The maximum absolute atomic E-state index is 15.1. The third kappa shape index (κ3) is 5.03. The van der Waals surface area contributed by atoms with E-state index in [0.717, 1.165) is 6.07 Å². The minimum Gasteiger partial charge on any atom is -0.474 e. The fourth-order valence-electron chi connectivity index (χ4n) is 3.74. The molecule has 2 N–H and O–H groups in total. The van der Waals surface area contributed by atoms with Crippen LogP contribution in [0.3, 0.4) is 0 Å². The van der Waals surface area contributed by atoms with Gasteiger partial charge in [0.1, 0.15) is 34.0 Å². The van der Waals surface area contributed by atoms with E-state index in [1.165, 1.54) is 41.3 Å². The summed E-state index contributed by atoms with van der Waals surface area (Å²) in [6.07, 6.45) is 1.39. The highest BCUT2D eigenvalue weighted by Crippen LogP contribution is 2.30. The highest BCUT2D eigenvalue weighted by atomic mass is 32.1. The number of carbonyl (C=O) groups is 1. The van der Waals surface area contributed by atoms with Gasteiger partial charge in [-0.1, -0.05) is 0 Å². The number of methoxy groups -OCH3 is 1. The van der Waals surface area contributed by atoms with Crippen LogP contribution in [0.2, 0.25) is 0 Å². The number of furan rings is 1. The number of amides is 1. The third-order valence-electron chi connectivity index (χ3n) is 5.42. The predicted octanol–water partition coefficient (Wildman–Crippen LogP) is 2.16. The van der Waals surface area contributed by atoms with Crippen LogP contribution in [0.25, 0.3) is 0 Å². The summed E-state index contributed by atoms with van der Waals surface area (Å²) in [6, 6.07) is 3.84. The highest BCUT2D eigenvalue weighted by molar-refractivity contribution is 7.80. The molecule has 1 fully saturated rings. The molecule has 35 heavy (non-hydrogen) atoms. The number of nitrogens with zero attached hydrogens (tertiary/aromatic N) is 5. The van der Waals surface area contributed by atoms with Gasteiger partial charge in [-0.05, 0) is 36.0 Å². The Kier molecular flexibility index (Phi) is 6.86. The summed E-state index contributed by atoms with van der Waals surface area (Å²) in [5.74, 6) is -2.86. The zero-order valence-electron chi connectivity index (χ0n) is 18.2. The van der Waals surface area contributed by atoms with Gasteiger partial charge >= 0.3 is 5.88 Å². The lowest BCUT2D eigenvalue weighted by atomic mass is 10.0. The molecule has 1 aromatic carbocycles. The molecule has 1 unspecified atom stereocenters. The second kappa shape index (κ2) is 10.0. The molecule has 0 spiro atoms. The first-order chi connectivity index (χ1) is 16.8. The molecular formula is C20H19F2N7O5S. The SMILES string of the molecule is COC(=S)NC(c1cc(F)c(N2CCN(C(=O)c3ccc([N+](=O)[O-])o3)CC2)c(F)c1)c1cn[nH]n1. The maximum atomic E-state index is 15.1. The van der Waals surface area contributed by atoms with Crippen molar-refractivity contribution in [1.82, 2.24) is 25.6 Å². The van der Waals surface area contributed by atoms with E-state index in [4.69, 9.17) is 21.4 Å². The molecule has 1 aliphatic rings. The monoisotopic (exact) mass is 507 g/mol. The second-order valence-corrected chi connectivity index (χ2v) is 7.84. The van der Waals surface area contributed by atoms with Gasteiger partial charge in [0, 0.05) is 26.2 Å². The number of ether oxygens (including phenoxy) is 1. The molecule has 1 aliphatic heterocycles. The molecule has 3 aromatic rings. The number of benzene rings is 1. The molecule has 3 heterocycles. The Bertz CT molecular complexity index is 1220. The smallest absolute Gasteiger partial charge is 0.433 e. The van der Waals surface area contributed by atoms with Gasteiger partial charge in [-0.3, -0.25) is 14.9 Å². The molecule has 0 bridgehead atoms. The Morgan fingerprint density at radius 2 is 1.97 bits per heavy atom. The number of rotatable bonds is 6. The lowest BCUT2D eigenvalue weighted by Gasteiger charge is -2.36. The van der Waals surface area contributed by atoms with Crippen LogP contribution in [0.5, 0.6) is 0 Å². The Balaban J connectivity index is 1.49. The number of hydrogen-bond acceptors (Lipinski definition) is 9. The van der Waals surface area contributed by atoms with Crippen LogP contribution in [-0.4, -0.2) is 69.6 Å². The normalized spacial score (nSPS) is 14.5. The molecule has 0 aliphatic carbocycles. The molecular weight excluding hydrogens is 488 g/mol. The first-order valence-electron chi connectivity index (χ1n) is 10.3. The van der Waals surface area contributed by atoms with Crippen molar-refractivity contribution in [2.24, 2.45) is 0 Å². The molecule has 1 saturated heterocycles. The number of aromatic nitrogens is 3. The van der Waals surface area contributed by atoms with E-state index in [2.05, 4.69) is 20.7 Å². The minimum atomic E-state index is -0.814. The maximum Gasteiger partial charge on any atom is 0.433 e. The van der Waals surface area contributed by atoms with Crippen molar-refractivity contribution in [2.45, 2.75) is 6.04 Å². The average Bonchev–Trinajstić information content (AvgIpc) is 3.54. The van der Waals surface area contributed by atoms with Crippen LogP contribution in [0.15, 0.2) is 34.9 Å². The Labute approximate surface area is 202 Å². The summed E-state index contributed by atoms with van der Waals surface area (Å²) in [6.45, 7) is 0.555. The number of halogens is 2. The molecule has 0 saturated carbocycles. The van der Waals surface area contributed by atoms with Crippen LogP contribution < -0.4 is 10.2 Å². The number of H-pyrrole nitrogens is 1. The number of nitro groups is 1. The predicted molar refractivity (Wildman–Crippen MR) is 121 cm³/mol. The number of nitrogens with one attached hydrogen (secondary N) is 2. The van der Waals surface area contributed by atoms with Crippen LogP contribution in [0.4, 0.5) is 20.4 Å². The van der Waals surface area contributed by atoms with Crippen molar-refractivity contribution in [3.8, 4) is 0 Å². The van der Waals surface area contributed by atoms with Gasteiger partial charge in [-0.25, -0.2) is 8.78 Å². The van der Waals surface area contributed by atoms with E-state index in [1.807, 2.05) is 0 Å². The average molecular weight is 507 g/mol. The molecule has 184 valence electrons. The number of hydrogen-bond donors (Lipinski definition) is 2. The lowest BCUT2D eigenvalue weighted by Crippen LogP contribution is -2.49. The van der Waals surface area contributed by atoms with Crippen LogP contribution in [0, 0.1) is 21.7 Å². The quantitative estimate of drug-likeness (QED) is 0.289.